The molecule has 3 nitrogen and oxygen atoms in total. The summed E-state index contributed by atoms with van der Waals surface area (Å²) in [5.74, 6) is 5.19. The molecule has 1 aromatic carbocycles. The van der Waals surface area contributed by atoms with Crippen molar-refractivity contribution in [1.29, 1.82) is 0 Å². The normalized spacial score (nSPS) is 11.9. The predicted molar refractivity (Wildman–Crippen MR) is 72.9 cm³/mol. The highest BCUT2D eigenvalue weighted by Gasteiger charge is 2.19. The first kappa shape index (κ1) is 12.8. The molecule has 0 saturated heterocycles. The number of hydrogen-bond acceptors (Lipinski definition) is 3. The van der Waals surface area contributed by atoms with Crippen molar-refractivity contribution < 1.29 is 4.39 Å². The average molecular weight is 247 g/mol. The maximum atomic E-state index is 13.9. The van der Waals surface area contributed by atoms with Crippen molar-refractivity contribution in [3.05, 3.63) is 35.3 Å². The second-order valence-corrected chi connectivity index (χ2v) is 5.54. The summed E-state index contributed by atoms with van der Waals surface area (Å²) in [7, 11) is 0. The van der Waals surface area contributed by atoms with Crippen LogP contribution in [-0.4, -0.2) is 4.98 Å². The van der Waals surface area contributed by atoms with Crippen LogP contribution in [0, 0.1) is 12.7 Å². The first-order valence-electron chi connectivity index (χ1n) is 5.91. The van der Waals surface area contributed by atoms with Crippen molar-refractivity contribution in [2.24, 2.45) is 5.84 Å². The molecule has 1 aromatic heterocycles. The largest absolute Gasteiger partial charge is 0.323 e. The van der Waals surface area contributed by atoms with E-state index in [1.807, 2.05) is 13.0 Å². The molecular weight excluding hydrogens is 229 g/mol. The number of aromatic nitrogens is 1. The highest BCUT2D eigenvalue weighted by molar-refractivity contribution is 5.93. The van der Waals surface area contributed by atoms with Crippen LogP contribution in [0.5, 0.6) is 0 Å². The number of hydrazine groups is 1. The molecule has 0 spiro atoms. The van der Waals surface area contributed by atoms with E-state index in [0.29, 0.717) is 16.6 Å². The Morgan fingerprint density at radius 1 is 1.28 bits per heavy atom. The summed E-state index contributed by atoms with van der Waals surface area (Å²) >= 11 is 0. The van der Waals surface area contributed by atoms with E-state index in [1.54, 1.807) is 6.07 Å². The third-order valence-corrected chi connectivity index (χ3v) is 3.04. The van der Waals surface area contributed by atoms with E-state index in [0.717, 1.165) is 11.3 Å². The van der Waals surface area contributed by atoms with E-state index < -0.39 is 0 Å². The van der Waals surface area contributed by atoms with Crippen LogP contribution >= 0.6 is 0 Å². The van der Waals surface area contributed by atoms with Crippen LogP contribution in [0.2, 0.25) is 0 Å². The van der Waals surface area contributed by atoms with Crippen molar-refractivity contribution >= 4 is 16.6 Å². The lowest BCUT2D eigenvalue weighted by Gasteiger charge is -2.20. The second-order valence-electron chi connectivity index (χ2n) is 5.54. The number of halogens is 1. The van der Waals surface area contributed by atoms with Gasteiger partial charge in [-0.1, -0.05) is 26.8 Å². The van der Waals surface area contributed by atoms with Crippen molar-refractivity contribution in [2.75, 3.05) is 5.43 Å². The molecule has 0 unspecified atom stereocenters. The maximum Gasteiger partial charge on any atom is 0.134 e. The fourth-order valence-corrected chi connectivity index (χ4v) is 1.93. The molecule has 0 fully saturated rings. The zero-order chi connectivity index (χ0) is 13.5. The molecule has 1 heterocycles. The van der Waals surface area contributed by atoms with Crippen LogP contribution < -0.4 is 11.3 Å². The SMILES string of the molecule is Cc1ccc(F)c2c(NN)cc(C(C)(C)C)nc12. The van der Waals surface area contributed by atoms with Gasteiger partial charge in [-0.2, -0.15) is 0 Å². The summed E-state index contributed by atoms with van der Waals surface area (Å²) in [6.07, 6.45) is 0. The standard InChI is InChI=1S/C14H18FN3/c1-8-5-6-9(15)12-10(18-16)7-11(14(2,3)4)17-13(8)12/h5-7H,16H2,1-4H3,(H,17,18). The number of rotatable bonds is 1. The van der Waals surface area contributed by atoms with Crippen LogP contribution in [0.3, 0.4) is 0 Å². The third-order valence-electron chi connectivity index (χ3n) is 3.04. The highest BCUT2D eigenvalue weighted by Crippen LogP contribution is 2.31. The molecule has 2 aromatic rings. The van der Waals surface area contributed by atoms with Gasteiger partial charge in [0.05, 0.1) is 16.6 Å². The number of nitrogen functional groups attached to an aromatic ring is 1. The number of anilines is 1. The molecular formula is C14H18FN3. The molecule has 0 aliphatic rings. The van der Waals surface area contributed by atoms with Crippen LogP contribution in [0.4, 0.5) is 10.1 Å². The minimum absolute atomic E-state index is 0.113. The molecule has 0 saturated carbocycles. The number of nitrogens with one attached hydrogen (secondary N) is 1. The van der Waals surface area contributed by atoms with E-state index in [2.05, 4.69) is 31.2 Å². The van der Waals surface area contributed by atoms with Gasteiger partial charge >= 0.3 is 0 Å². The fraction of sp³-hybridized carbons (Fsp3) is 0.357. The molecule has 18 heavy (non-hydrogen) atoms. The van der Waals surface area contributed by atoms with E-state index in [9.17, 15) is 4.39 Å². The quantitative estimate of drug-likeness (QED) is 0.600. The van der Waals surface area contributed by atoms with Crippen LogP contribution in [0.1, 0.15) is 32.0 Å². The van der Waals surface area contributed by atoms with E-state index >= 15 is 0 Å². The highest BCUT2D eigenvalue weighted by atomic mass is 19.1. The summed E-state index contributed by atoms with van der Waals surface area (Å²) in [5, 5.41) is 0.450. The summed E-state index contributed by atoms with van der Waals surface area (Å²) in [5.41, 5.74) is 5.52. The number of hydrogen-bond donors (Lipinski definition) is 2. The molecule has 3 N–H and O–H groups in total. The van der Waals surface area contributed by atoms with E-state index in [1.165, 1.54) is 6.07 Å². The summed E-state index contributed by atoms with van der Waals surface area (Å²) in [4.78, 5) is 4.58. The van der Waals surface area contributed by atoms with Gasteiger partial charge < -0.3 is 5.43 Å². The van der Waals surface area contributed by atoms with Crippen LogP contribution in [0.25, 0.3) is 10.9 Å². The Morgan fingerprint density at radius 3 is 2.50 bits per heavy atom. The summed E-state index contributed by atoms with van der Waals surface area (Å²) in [6.45, 7) is 8.11. The lowest BCUT2D eigenvalue weighted by molar-refractivity contribution is 0.571. The zero-order valence-corrected chi connectivity index (χ0v) is 11.1. The van der Waals surface area contributed by atoms with Gasteiger partial charge in [0.25, 0.3) is 0 Å². The third kappa shape index (κ3) is 2.04. The first-order valence-corrected chi connectivity index (χ1v) is 5.91. The average Bonchev–Trinajstić information content (AvgIpc) is 2.31. The molecule has 96 valence electrons. The molecule has 0 aliphatic heterocycles. The summed E-state index contributed by atoms with van der Waals surface area (Å²) < 4.78 is 13.9. The summed E-state index contributed by atoms with van der Waals surface area (Å²) in [6, 6.07) is 4.99. The van der Waals surface area contributed by atoms with Gasteiger partial charge in [-0.25, -0.2) is 4.39 Å². The topological polar surface area (TPSA) is 50.9 Å². The Kier molecular flexibility index (Phi) is 2.99. The lowest BCUT2D eigenvalue weighted by atomic mass is 9.90. The van der Waals surface area contributed by atoms with Crippen LogP contribution in [0.15, 0.2) is 18.2 Å². The van der Waals surface area contributed by atoms with Gasteiger partial charge in [0.2, 0.25) is 0 Å². The van der Waals surface area contributed by atoms with Crippen molar-refractivity contribution in [2.45, 2.75) is 33.1 Å². The molecule has 4 heteroatoms. The van der Waals surface area contributed by atoms with Crippen LogP contribution in [-0.2, 0) is 5.41 Å². The monoisotopic (exact) mass is 247 g/mol. The van der Waals surface area contributed by atoms with Gasteiger partial charge in [0.15, 0.2) is 0 Å². The van der Waals surface area contributed by atoms with Crippen molar-refractivity contribution in [3.63, 3.8) is 0 Å². The maximum absolute atomic E-state index is 13.9. The van der Waals surface area contributed by atoms with Gasteiger partial charge in [-0.3, -0.25) is 10.8 Å². The van der Waals surface area contributed by atoms with Gasteiger partial charge in [-0.15, -0.1) is 0 Å². The van der Waals surface area contributed by atoms with E-state index in [-0.39, 0.29) is 11.2 Å². The smallest absolute Gasteiger partial charge is 0.134 e. The number of nitrogens with zero attached hydrogens (tertiary/aromatic N) is 1. The minimum Gasteiger partial charge on any atom is -0.323 e. The number of pyridine rings is 1. The Balaban J connectivity index is 2.88. The predicted octanol–water partition coefficient (Wildman–Crippen LogP) is 3.27. The molecule has 0 amide bonds. The number of aryl methyl sites for hydroxylation is 1. The molecule has 0 aliphatic carbocycles. The van der Waals surface area contributed by atoms with Gasteiger partial charge in [-0.05, 0) is 24.6 Å². The molecule has 0 atom stereocenters. The minimum atomic E-state index is -0.309. The Bertz CT molecular complexity index is 600. The van der Waals surface area contributed by atoms with Gasteiger partial charge in [0.1, 0.15) is 5.82 Å². The lowest BCUT2D eigenvalue weighted by Crippen LogP contribution is -2.16. The Hall–Kier alpha value is -1.68. The zero-order valence-electron chi connectivity index (χ0n) is 11.1. The van der Waals surface area contributed by atoms with Crippen molar-refractivity contribution in [1.82, 2.24) is 4.98 Å². The molecule has 0 radical (unpaired) electrons. The molecule has 2 rings (SSSR count). The van der Waals surface area contributed by atoms with Crippen molar-refractivity contribution in [3.8, 4) is 0 Å². The fourth-order valence-electron chi connectivity index (χ4n) is 1.93. The molecule has 0 bridgehead atoms. The Labute approximate surface area is 106 Å². The number of benzene rings is 1. The number of nitrogens with two attached hydrogens (primary N) is 1. The van der Waals surface area contributed by atoms with Gasteiger partial charge in [0, 0.05) is 11.1 Å². The number of fused-ring (bicyclic) bond motifs is 1. The second kappa shape index (κ2) is 4.21. The van der Waals surface area contributed by atoms with E-state index in [4.69, 9.17) is 5.84 Å². The Morgan fingerprint density at radius 2 is 1.94 bits per heavy atom. The first-order chi connectivity index (χ1) is 8.34.